The molecular formula is C17H26N2O. The molecule has 1 saturated heterocycles. The minimum atomic E-state index is -0.212. The maximum absolute atomic E-state index is 12.7. The molecule has 1 fully saturated rings. The highest BCUT2D eigenvalue weighted by Crippen LogP contribution is 2.32. The highest BCUT2D eigenvalue weighted by Gasteiger charge is 2.39. The summed E-state index contributed by atoms with van der Waals surface area (Å²) in [6.07, 6.45) is 4.11. The van der Waals surface area contributed by atoms with Gasteiger partial charge in [-0.15, -0.1) is 0 Å². The van der Waals surface area contributed by atoms with Gasteiger partial charge in [0.15, 0.2) is 0 Å². The second-order valence-corrected chi connectivity index (χ2v) is 5.92. The third kappa shape index (κ3) is 3.40. The van der Waals surface area contributed by atoms with Gasteiger partial charge in [0.1, 0.15) is 0 Å². The lowest BCUT2D eigenvalue weighted by Crippen LogP contribution is -2.50. The van der Waals surface area contributed by atoms with E-state index in [0.29, 0.717) is 0 Å². The van der Waals surface area contributed by atoms with Crippen molar-refractivity contribution in [1.82, 2.24) is 10.6 Å². The first-order valence-corrected chi connectivity index (χ1v) is 7.74. The van der Waals surface area contributed by atoms with Crippen molar-refractivity contribution in [2.75, 3.05) is 13.1 Å². The van der Waals surface area contributed by atoms with Gasteiger partial charge in [0.25, 0.3) is 0 Å². The summed E-state index contributed by atoms with van der Waals surface area (Å²) in [4.78, 5) is 12.7. The first-order chi connectivity index (χ1) is 9.68. The van der Waals surface area contributed by atoms with Crippen molar-refractivity contribution in [2.45, 2.75) is 45.6 Å². The maximum atomic E-state index is 12.7. The summed E-state index contributed by atoms with van der Waals surface area (Å²) in [5.41, 5.74) is 0.951. The van der Waals surface area contributed by atoms with Crippen LogP contribution in [0.1, 0.15) is 51.1 Å². The van der Waals surface area contributed by atoms with Crippen molar-refractivity contribution in [2.24, 2.45) is 5.41 Å². The largest absolute Gasteiger partial charge is 0.349 e. The van der Waals surface area contributed by atoms with E-state index in [2.05, 4.69) is 36.6 Å². The molecule has 0 radical (unpaired) electrons. The molecule has 0 aromatic heterocycles. The van der Waals surface area contributed by atoms with Crippen molar-refractivity contribution >= 4 is 5.91 Å². The van der Waals surface area contributed by atoms with Gasteiger partial charge in [0, 0.05) is 6.54 Å². The Kier molecular flexibility index (Phi) is 5.18. The summed E-state index contributed by atoms with van der Waals surface area (Å²) in [6, 6.07) is 10.2. The zero-order chi connectivity index (χ0) is 14.4. The highest BCUT2D eigenvalue weighted by atomic mass is 16.2. The Balaban J connectivity index is 2.05. The summed E-state index contributed by atoms with van der Waals surface area (Å²) in [6.45, 7) is 6.06. The van der Waals surface area contributed by atoms with Crippen molar-refractivity contribution in [3.8, 4) is 0 Å². The first kappa shape index (κ1) is 15.0. The molecule has 1 aromatic rings. The quantitative estimate of drug-likeness (QED) is 0.866. The Labute approximate surface area is 122 Å². The van der Waals surface area contributed by atoms with Crippen LogP contribution < -0.4 is 10.6 Å². The van der Waals surface area contributed by atoms with Crippen LogP contribution in [0.2, 0.25) is 0 Å². The van der Waals surface area contributed by atoms with E-state index in [-0.39, 0.29) is 17.4 Å². The average Bonchev–Trinajstić information content (AvgIpc) is 2.49. The van der Waals surface area contributed by atoms with Crippen LogP contribution in [0.4, 0.5) is 0 Å². The SMILES string of the molecule is CCCC1(C(=O)NC(C)c2ccccc2)CCCNC1. The molecule has 2 rings (SSSR count). The van der Waals surface area contributed by atoms with E-state index in [1.165, 1.54) is 0 Å². The summed E-state index contributed by atoms with van der Waals surface area (Å²) >= 11 is 0. The minimum absolute atomic E-state index is 0.0688. The van der Waals surface area contributed by atoms with E-state index >= 15 is 0 Å². The third-order valence-electron chi connectivity index (χ3n) is 4.33. The molecule has 0 bridgehead atoms. The summed E-state index contributed by atoms with van der Waals surface area (Å²) in [5, 5.41) is 6.61. The zero-order valence-electron chi connectivity index (χ0n) is 12.6. The molecule has 0 spiro atoms. The number of carbonyl (C=O) groups is 1. The topological polar surface area (TPSA) is 41.1 Å². The summed E-state index contributed by atoms with van der Waals surface area (Å²) < 4.78 is 0. The molecule has 2 atom stereocenters. The third-order valence-corrected chi connectivity index (χ3v) is 4.33. The number of rotatable bonds is 5. The number of hydrogen-bond acceptors (Lipinski definition) is 2. The van der Waals surface area contributed by atoms with Crippen LogP contribution >= 0.6 is 0 Å². The van der Waals surface area contributed by atoms with E-state index < -0.39 is 0 Å². The van der Waals surface area contributed by atoms with Crippen LogP contribution in [0.3, 0.4) is 0 Å². The van der Waals surface area contributed by atoms with E-state index in [4.69, 9.17) is 0 Å². The van der Waals surface area contributed by atoms with Gasteiger partial charge in [-0.25, -0.2) is 0 Å². The second kappa shape index (κ2) is 6.89. The van der Waals surface area contributed by atoms with Crippen LogP contribution in [0.15, 0.2) is 30.3 Å². The summed E-state index contributed by atoms with van der Waals surface area (Å²) in [5.74, 6) is 0.211. The molecule has 1 aliphatic heterocycles. The molecule has 3 nitrogen and oxygen atoms in total. The molecule has 20 heavy (non-hydrogen) atoms. The number of amides is 1. The van der Waals surface area contributed by atoms with Gasteiger partial charge in [0.05, 0.1) is 11.5 Å². The monoisotopic (exact) mass is 274 g/mol. The molecule has 3 heteroatoms. The van der Waals surface area contributed by atoms with E-state index in [9.17, 15) is 4.79 Å². The summed E-state index contributed by atoms with van der Waals surface area (Å²) in [7, 11) is 0. The van der Waals surface area contributed by atoms with Crippen molar-refractivity contribution < 1.29 is 4.79 Å². The Bertz CT molecular complexity index is 418. The molecule has 2 N–H and O–H groups in total. The molecule has 0 aliphatic carbocycles. The molecule has 1 aliphatic rings. The maximum Gasteiger partial charge on any atom is 0.227 e. The van der Waals surface area contributed by atoms with Gasteiger partial charge in [0.2, 0.25) is 5.91 Å². The predicted octanol–water partition coefficient (Wildman–Crippen LogP) is 3.03. The normalized spacial score (nSPS) is 24.1. The van der Waals surface area contributed by atoms with Crippen LogP contribution in [-0.2, 0) is 4.79 Å². The van der Waals surface area contributed by atoms with Gasteiger partial charge in [-0.1, -0.05) is 43.7 Å². The number of nitrogens with one attached hydrogen (secondary N) is 2. The Morgan fingerprint density at radius 3 is 2.75 bits per heavy atom. The first-order valence-electron chi connectivity index (χ1n) is 7.74. The van der Waals surface area contributed by atoms with Gasteiger partial charge in [-0.2, -0.15) is 0 Å². The van der Waals surface area contributed by atoms with Crippen LogP contribution in [0.5, 0.6) is 0 Å². The molecule has 110 valence electrons. The fourth-order valence-corrected chi connectivity index (χ4v) is 3.14. The van der Waals surface area contributed by atoms with Crippen molar-refractivity contribution in [1.29, 1.82) is 0 Å². The highest BCUT2D eigenvalue weighted by molar-refractivity contribution is 5.83. The molecular weight excluding hydrogens is 248 g/mol. The van der Waals surface area contributed by atoms with Gasteiger partial charge < -0.3 is 10.6 Å². The Morgan fingerprint density at radius 2 is 2.15 bits per heavy atom. The van der Waals surface area contributed by atoms with Crippen LogP contribution in [0.25, 0.3) is 0 Å². The van der Waals surface area contributed by atoms with Gasteiger partial charge in [-0.3, -0.25) is 4.79 Å². The second-order valence-electron chi connectivity index (χ2n) is 5.92. The zero-order valence-corrected chi connectivity index (χ0v) is 12.6. The van der Waals surface area contributed by atoms with E-state index in [0.717, 1.165) is 44.3 Å². The Morgan fingerprint density at radius 1 is 1.40 bits per heavy atom. The van der Waals surface area contributed by atoms with E-state index in [1.807, 2.05) is 18.2 Å². The van der Waals surface area contributed by atoms with Crippen molar-refractivity contribution in [3.05, 3.63) is 35.9 Å². The molecule has 0 saturated carbocycles. The van der Waals surface area contributed by atoms with Crippen LogP contribution in [0, 0.1) is 5.41 Å². The van der Waals surface area contributed by atoms with Crippen LogP contribution in [-0.4, -0.2) is 19.0 Å². The fraction of sp³-hybridized carbons (Fsp3) is 0.588. The van der Waals surface area contributed by atoms with Crippen molar-refractivity contribution in [3.63, 3.8) is 0 Å². The molecule has 2 unspecified atom stereocenters. The number of carbonyl (C=O) groups excluding carboxylic acids is 1. The van der Waals surface area contributed by atoms with E-state index in [1.54, 1.807) is 0 Å². The number of piperidine rings is 1. The lowest BCUT2D eigenvalue weighted by Gasteiger charge is -2.37. The molecule has 1 aromatic carbocycles. The smallest absolute Gasteiger partial charge is 0.227 e. The molecule has 1 heterocycles. The Hall–Kier alpha value is -1.35. The molecule has 1 amide bonds. The standard InChI is InChI=1S/C17H26N2O/c1-3-10-17(11-7-12-18-13-17)16(20)19-14(2)15-8-5-4-6-9-15/h4-6,8-9,14,18H,3,7,10-13H2,1-2H3,(H,19,20). The minimum Gasteiger partial charge on any atom is -0.349 e. The fourth-order valence-electron chi connectivity index (χ4n) is 3.14. The number of hydrogen-bond donors (Lipinski definition) is 2. The average molecular weight is 274 g/mol. The lowest BCUT2D eigenvalue weighted by molar-refractivity contribution is -0.133. The lowest BCUT2D eigenvalue weighted by atomic mass is 9.76. The number of benzene rings is 1. The predicted molar refractivity (Wildman–Crippen MR) is 82.4 cm³/mol. The van der Waals surface area contributed by atoms with Gasteiger partial charge >= 0.3 is 0 Å². The van der Waals surface area contributed by atoms with Gasteiger partial charge in [-0.05, 0) is 38.3 Å².